The van der Waals surface area contributed by atoms with Gasteiger partial charge in [0.15, 0.2) is 5.78 Å². The molecule has 0 saturated carbocycles. The van der Waals surface area contributed by atoms with E-state index in [1.165, 1.54) is 5.56 Å². The number of aliphatic carboxylic acids is 1. The summed E-state index contributed by atoms with van der Waals surface area (Å²) in [6.45, 7) is 4.22. The fourth-order valence-electron chi connectivity index (χ4n) is 2.19. The van der Waals surface area contributed by atoms with E-state index in [0.717, 1.165) is 5.69 Å². The molecule has 1 heterocycles. The number of aromatic amines is 1. The number of carboxylic acids is 1. The van der Waals surface area contributed by atoms with Gasteiger partial charge in [-0.05, 0) is 23.6 Å². The Hall–Kier alpha value is -2.36. The van der Waals surface area contributed by atoms with Crippen molar-refractivity contribution in [3.8, 4) is 0 Å². The maximum absolute atomic E-state index is 12.2. The molecule has 1 aromatic heterocycles. The minimum Gasteiger partial charge on any atom is -0.481 e. The third-order valence-corrected chi connectivity index (χ3v) is 3.40. The molecule has 1 aromatic carbocycles. The molecule has 2 aromatic rings. The molecule has 0 aliphatic rings. The Labute approximate surface area is 123 Å². The van der Waals surface area contributed by atoms with Crippen molar-refractivity contribution < 1.29 is 14.7 Å². The summed E-state index contributed by atoms with van der Waals surface area (Å²) >= 11 is 0. The van der Waals surface area contributed by atoms with Crippen LogP contribution in [-0.4, -0.2) is 21.8 Å². The van der Waals surface area contributed by atoms with Crippen molar-refractivity contribution in [3.63, 3.8) is 0 Å². The standard InChI is InChI=1S/C17H19NO3/c1-11(2)12-3-5-13(6-4-12)16(19)9-14-7-8-15(18-14)10-17(20)21/h3-8,11,18H,9-10H2,1-2H3,(H,20,21). The summed E-state index contributed by atoms with van der Waals surface area (Å²) in [5.74, 6) is -0.427. The van der Waals surface area contributed by atoms with E-state index < -0.39 is 5.97 Å². The molecule has 0 aliphatic carbocycles. The number of aromatic nitrogens is 1. The Morgan fingerprint density at radius 2 is 1.57 bits per heavy atom. The van der Waals surface area contributed by atoms with Gasteiger partial charge in [-0.2, -0.15) is 0 Å². The van der Waals surface area contributed by atoms with Gasteiger partial charge in [0.05, 0.1) is 12.8 Å². The zero-order valence-corrected chi connectivity index (χ0v) is 12.2. The minimum absolute atomic E-state index is 0.0223. The number of hydrogen-bond donors (Lipinski definition) is 2. The van der Waals surface area contributed by atoms with Gasteiger partial charge in [0.1, 0.15) is 0 Å². The van der Waals surface area contributed by atoms with Gasteiger partial charge in [-0.15, -0.1) is 0 Å². The van der Waals surface area contributed by atoms with E-state index in [4.69, 9.17) is 5.11 Å². The molecule has 0 atom stereocenters. The van der Waals surface area contributed by atoms with Gasteiger partial charge in [-0.3, -0.25) is 9.59 Å². The predicted octanol–water partition coefficient (Wildman–Crippen LogP) is 3.19. The summed E-state index contributed by atoms with van der Waals surface area (Å²) in [6, 6.07) is 11.1. The first kappa shape index (κ1) is 15.0. The van der Waals surface area contributed by atoms with Crippen LogP contribution in [0, 0.1) is 0 Å². The molecule has 110 valence electrons. The molecule has 0 bridgehead atoms. The number of hydrogen-bond acceptors (Lipinski definition) is 2. The predicted molar refractivity (Wildman–Crippen MR) is 80.7 cm³/mol. The SMILES string of the molecule is CC(C)c1ccc(C(=O)Cc2ccc(CC(=O)O)[nH]2)cc1. The third kappa shape index (κ3) is 4.05. The fourth-order valence-corrected chi connectivity index (χ4v) is 2.19. The normalized spacial score (nSPS) is 10.8. The number of carbonyl (C=O) groups is 2. The van der Waals surface area contributed by atoms with Crippen molar-refractivity contribution in [2.24, 2.45) is 0 Å². The second-order valence-corrected chi connectivity index (χ2v) is 5.46. The maximum Gasteiger partial charge on any atom is 0.309 e. The molecule has 2 rings (SSSR count). The minimum atomic E-state index is -0.890. The average molecular weight is 285 g/mol. The Kier molecular flexibility index (Phi) is 4.58. The number of rotatable bonds is 6. The summed E-state index contributed by atoms with van der Waals surface area (Å²) < 4.78 is 0. The number of ketones is 1. The van der Waals surface area contributed by atoms with Crippen LogP contribution in [0.15, 0.2) is 36.4 Å². The number of carbonyl (C=O) groups excluding carboxylic acids is 1. The number of nitrogens with one attached hydrogen (secondary N) is 1. The van der Waals surface area contributed by atoms with Crippen LogP contribution in [0.3, 0.4) is 0 Å². The van der Waals surface area contributed by atoms with Crippen LogP contribution in [0.2, 0.25) is 0 Å². The molecule has 21 heavy (non-hydrogen) atoms. The number of H-pyrrole nitrogens is 1. The Balaban J connectivity index is 2.03. The lowest BCUT2D eigenvalue weighted by molar-refractivity contribution is -0.136. The maximum atomic E-state index is 12.2. The highest BCUT2D eigenvalue weighted by Crippen LogP contribution is 2.16. The molecule has 0 spiro atoms. The molecule has 2 N–H and O–H groups in total. The highest BCUT2D eigenvalue weighted by Gasteiger charge is 2.10. The van der Waals surface area contributed by atoms with Gasteiger partial charge in [-0.25, -0.2) is 0 Å². The highest BCUT2D eigenvalue weighted by molar-refractivity contribution is 5.97. The Morgan fingerprint density at radius 1 is 1.00 bits per heavy atom. The van der Waals surface area contributed by atoms with Crippen LogP contribution >= 0.6 is 0 Å². The van der Waals surface area contributed by atoms with Crippen LogP contribution in [0.5, 0.6) is 0 Å². The molecule has 0 fully saturated rings. The second kappa shape index (κ2) is 6.39. The topological polar surface area (TPSA) is 70.2 Å². The molecular weight excluding hydrogens is 266 g/mol. The number of benzene rings is 1. The Bertz CT molecular complexity index is 638. The molecule has 0 aliphatic heterocycles. The van der Waals surface area contributed by atoms with Crippen LogP contribution in [0.1, 0.15) is 47.1 Å². The number of Topliss-reactive ketones (excluding diaryl/α,β-unsaturated/α-hetero) is 1. The van der Waals surface area contributed by atoms with E-state index in [2.05, 4.69) is 18.8 Å². The molecule has 0 unspecified atom stereocenters. The monoisotopic (exact) mass is 285 g/mol. The first-order valence-electron chi connectivity index (χ1n) is 6.97. The van der Waals surface area contributed by atoms with Crippen LogP contribution in [-0.2, 0) is 17.6 Å². The first-order valence-corrected chi connectivity index (χ1v) is 6.97. The summed E-state index contributed by atoms with van der Waals surface area (Å²) in [5.41, 5.74) is 3.23. The van der Waals surface area contributed by atoms with E-state index in [0.29, 0.717) is 17.2 Å². The van der Waals surface area contributed by atoms with Crippen LogP contribution in [0.4, 0.5) is 0 Å². The Morgan fingerprint density at radius 3 is 2.10 bits per heavy atom. The van der Waals surface area contributed by atoms with Crippen molar-refractivity contribution in [1.29, 1.82) is 0 Å². The van der Waals surface area contributed by atoms with Gasteiger partial charge >= 0.3 is 5.97 Å². The van der Waals surface area contributed by atoms with Crippen molar-refractivity contribution in [2.75, 3.05) is 0 Å². The fraction of sp³-hybridized carbons (Fsp3) is 0.294. The van der Waals surface area contributed by atoms with E-state index in [1.54, 1.807) is 12.1 Å². The van der Waals surface area contributed by atoms with Crippen molar-refractivity contribution in [2.45, 2.75) is 32.6 Å². The molecular formula is C17H19NO3. The van der Waals surface area contributed by atoms with Gasteiger partial charge in [0.25, 0.3) is 0 Å². The summed E-state index contributed by atoms with van der Waals surface area (Å²) in [7, 11) is 0. The van der Waals surface area contributed by atoms with Crippen molar-refractivity contribution in [1.82, 2.24) is 4.98 Å². The summed E-state index contributed by atoms with van der Waals surface area (Å²) in [6.07, 6.45) is 0.192. The van der Waals surface area contributed by atoms with Crippen LogP contribution < -0.4 is 0 Å². The average Bonchev–Trinajstić information content (AvgIpc) is 2.85. The zero-order chi connectivity index (χ0) is 15.4. The lowest BCUT2D eigenvalue weighted by atomic mass is 9.99. The second-order valence-electron chi connectivity index (χ2n) is 5.46. The molecule has 4 heteroatoms. The quantitative estimate of drug-likeness (QED) is 0.801. The van der Waals surface area contributed by atoms with E-state index in [-0.39, 0.29) is 18.6 Å². The zero-order valence-electron chi connectivity index (χ0n) is 12.2. The van der Waals surface area contributed by atoms with Crippen molar-refractivity contribution in [3.05, 3.63) is 58.9 Å². The van der Waals surface area contributed by atoms with E-state index >= 15 is 0 Å². The van der Waals surface area contributed by atoms with E-state index in [1.807, 2.05) is 24.3 Å². The van der Waals surface area contributed by atoms with E-state index in [9.17, 15) is 9.59 Å². The third-order valence-electron chi connectivity index (χ3n) is 3.40. The largest absolute Gasteiger partial charge is 0.481 e. The molecule has 0 saturated heterocycles. The van der Waals surface area contributed by atoms with Gasteiger partial charge < -0.3 is 10.1 Å². The summed E-state index contributed by atoms with van der Waals surface area (Å²) in [5, 5.41) is 8.72. The molecule has 4 nitrogen and oxygen atoms in total. The molecule has 0 radical (unpaired) electrons. The lowest BCUT2D eigenvalue weighted by Crippen LogP contribution is -2.05. The smallest absolute Gasteiger partial charge is 0.309 e. The van der Waals surface area contributed by atoms with Crippen LogP contribution in [0.25, 0.3) is 0 Å². The summed E-state index contributed by atoms with van der Waals surface area (Å²) in [4.78, 5) is 25.8. The van der Waals surface area contributed by atoms with Gasteiger partial charge in [-0.1, -0.05) is 38.1 Å². The van der Waals surface area contributed by atoms with Gasteiger partial charge in [0, 0.05) is 17.0 Å². The lowest BCUT2D eigenvalue weighted by Gasteiger charge is -2.06. The van der Waals surface area contributed by atoms with Gasteiger partial charge in [0.2, 0.25) is 0 Å². The highest BCUT2D eigenvalue weighted by atomic mass is 16.4. The van der Waals surface area contributed by atoms with Crippen molar-refractivity contribution >= 4 is 11.8 Å². The number of carboxylic acid groups (broad SMARTS) is 1. The first-order chi connectivity index (χ1) is 9.95. The molecule has 0 amide bonds.